The van der Waals surface area contributed by atoms with E-state index in [1.54, 1.807) is 7.11 Å². The largest absolute Gasteiger partial charge is 0.497 e. The number of methoxy groups -OCH3 is 1. The third-order valence-corrected chi connectivity index (χ3v) is 3.30. The number of carbonyl (C=O) groups excluding carboxylic acids is 1. The number of carbonyl (C=O) groups is 1. The van der Waals surface area contributed by atoms with Crippen molar-refractivity contribution in [2.45, 2.75) is 32.8 Å². The van der Waals surface area contributed by atoms with Gasteiger partial charge in [-0.2, -0.15) is 0 Å². The summed E-state index contributed by atoms with van der Waals surface area (Å²) in [6.07, 6.45) is 1.05. The Kier molecular flexibility index (Phi) is 4.61. The molecule has 2 aromatic carbocycles. The predicted molar refractivity (Wildman–Crippen MR) is 79.9 cm³/mol. The van der Waals surface area contributed by atoms with Gasteiger partial charge in [0.1, 0.15) is 11.9 Å². The fourth-order valence-corrected chi connectivity index (χ4v) is 2.15. The molecule has 3 nitrogen and oxygen atoms in total. The summed E-state index contributed by atoms with van der Waals surface area (Å²) in [6.45, 7) is 3.87. The average molecular weight is 272 g/mol. The molecule has 0 aliphatic rings. The second-order valence-corrected chi connectivity index (χ2v) is 4.85. The summed E-state index contributed by atoms with van der Waals surface area (Å²) in [5, 5.41) is 2.22. The van der Waals surface area contributed by atoms with Crippen molar-refractivity contribution >= 4 is 16.7 Å². The Morgan fingerprint density at radius 1 is 1.15 bits per heavy atom. The Morgan fingerprint density at radius 3 is 2.55 bits per heavy atom. The molecular formula is C17H20O3. The van der Waals surface area contributed by atoms with E-state index in [4.69, 9.17) is 9.47 Å². The lowest BCUT2D eigenvalue weighted by Gasteiger charge is -2.14. The normalized spacial score (nSPS) is 12.2. The minimum Gasteiger partial charge on any atom is -0.497 e. The standard InChI is InChI=1S/C17H20O3/c1-4-5-17(18)20-12(2)13-6-7-15-11-16(19-3)9-8-14(15)10-13/h6-12H,4-5H2,1-3H3/t12-/m1/s1. The second-order valence-electron chi connectivity index (χ2n) is 4.85. The molecule has 0 bridgehead atoms. The van der Waals surface area contributed by atoms with Crippen LogP contribution in [-0.4, -0.2) is 13.1 Å². The zero-order chi connectivity index (χ0) is 14.5. The molecule has 0 saturated heterocycles. The maximum absolute atomic E-state index is 11.5. The number of rotatable bonds is 5. The summed E-state index contributed by atoms with van der Waals surface area (Å²) in [5.74, 6) is 0.697. The number of hydrogen-bond donors (Lipinski definition) is 0. The van der Waals surface area contributed by atoms with Crippen LogP contribution in [0.4, 0.5) is 0 Å². The minimum atomic E-state index is -0.222. The molecule has 3 heteroatoms. The molecule has 20 heavy (non-hydrogen) atoms. The van der Waals surface area contributed by atoms with Crippen molar-refractivity contribution in [3.05, 3.63) is 42.0 Å². The van der Waals surface area contributed by atoms with Crippen molar-refractivity contribution < 1.29 is 14.3 Å². The molecule has 0 fully saturated rings. The van der Waals surface area contributed by atoms with Gasteiger partial charge >= 0.3 is 5.97 Å². The van der Waals surface area contributed by atoms with Crippen LogP contribution in [0.3, 0.4) is 0 Å². The molecule has 0 saturated carbocycles. The lowest BCUT2D eigenvalue weighted by molar-refractivity contribution is -0.148. The molecule has 0 N–H and O–H groups in total. The molecule has 0 radical (unpaired) electrons. The van der Waals surface area contributed by atoms with Crippen LogP contribution in [0.15, 0.2) is 36.4 Å². The average Bonchev–Trinajstić information content (AvgIpc) is 2.46. The first kappa shape index (κ1) is 14.4. The number of ether oxygens (including phenoxy) is 2. The first-order valence-electron chi connectivity index (χ1n) is 6.91. The van der Waals surface area contributed by atoms with Gasteiger partial charge in [-0.3, -0.25) is 4.79 Å². The predicted octanol–water partition coefficient (Wildman–Crippen LogP) is 4.25. The van der Waals surface area contributed by atoms with Gasteiger partial charge in [-0.1, -0.05) is 25.1 Å². The first-order valence-corrected chi connectivity index (χ1v) is 6.91. The second kappa shape index (κ2) is 6.42. The Morgan fingerprint density at radius 2 is 1.85 bits per heavy atom. The van der Waals surface area contributed by atoms with Gasteiger partial charge in [0.15, 0.2) is 0 Å². The van der Waals surface area contributed by atoms with E-state index < -0.39 is 0 Å². The van der Waals surface area contributed by atoms with Crippen LogP contribution >= 0.6 is 0 Å². The Labute approximate surface area is 119 Å². The Bertz CT molecular complexity index is 604. The van der Waals surface area contributed by atoms with Gasteiger partial charge in [0.2, 0.25) is 0 Å². The summed E-state index contributed by atoms with van der Waals surface area (Å²) in [6, 6.07) is 12.0. The third kappa shape index (κ3) is 3.29. The van der Waals surface area contributed by atoms with Crippen molar-refractivity contribution in [2.24, 2.45) is 0 Å². The maximum Gasteiger partial charge on any atom is 0.306 e. The van der Waals surface area contributed by atoms with Crippen LogP contribution in [0.2, 0.25) is 0 Å². The fourth-order valence-electron chi connectivity index (χ4n) is 2.15. The minimum absolute atomic E-state index is 0.144. The summed E-state index contributed by atoms with van der Waals surface area (Å²) >= 11 is 0. The fraction of sp³-hybridized carbons (Fsp3) is 0.353. The van der Waals surface area contributed by atoms with Gasteiger partial charge in [-0.25, -0.2) is 0 Å². The monoisotopic (exact) mass is 272 g/mol. The van der Waals surface area contributed by atoms with Crippen LogP contribution in [-0.2, 0) is 9.53 Å². The van der Waals surface area contributed by atoms with Crippen molar-refractivity contribution in [3.8, 4) is 5.75 Å². The SMILES string of the molecule is CCCC(=O)O[C@H](C)c1ccc2cc(OC)ccc2c1. The molecule has 0 heterocycles. The molecule has 0 amide bonds. The van der Waals surface area contributed by atoms with Crippen molar-refractivity contribution in [3.63, 3.8) is 0 Å². The van der Waals surface area contributed by atoms with Gasteiger partial charge < -0.3 is 9.47 Å². The van der Waals surface area contributed by atoms with E-state index in [0.29, 0.717) is 6.42 Å². The number of fused-ring (bicyclic) bond motifs is 1. The quantitative estimate of drug-likeness (QED) is 0.763. The lowest BCUT2D eigenvalue weighted by Crippen LogP contribution is -2.08. The number of esters is 1. The van der Waals surface area contributed by atoms with Gasteiger partial charge in [-0.05, 0) is 47.9 Å². The lowest BCUT2D eigenvalue weighted by atomic mass is 10.0. The highest BCUT2D eigenvalue weighted by Gasteiger charge is 2.11. The Hall–Kier alpha value is -2.03. The molecule has 2 aromatic rings. The van der Waals surface area contributed by atoms with E-state index >= 15 is 0 Å². The highest BCUT2D eigenvalue weighted by atomic mass is 16.5. The summed E-state index contributed by atoms with van der Waals surface area (Å²) in [5.41, 5.74) is 1.01. The summed E-state index contributed by atoms with van der Waals surface area (Å²) in [7, 11) is 1.66. The van der Waals surface area contributed by atoms with Gasteiger partial charge in [0.05, 0.1) is 7.11 Å². The van der Waals surface area contributed by atoms with Gasteiger partial charge in [0.25, 0.3) is 0 Å². The Balaban J connectivity index is 2.20. The molecule has 0 aliphatic carbocycles. The summed E-state index contributed by atoms with van der Waals surface area (Å²) in [4.78, 5) is 11.5. The van der Waals surface area contributed by atoms with E-state index in [9.17, 15) is 4.79 Å². The molecule has 2 rings (SSSR count). The van der Waals surface area contributed by atoms with E-state index in [1.807, 2.05) is 44.2 Å². The topological polar surface area (TPSA) is 35.5 Å². The molecule has 1 atom stereocenters. The van der Waals surface area contributed by atoms with Gasteiger partial charge in [-0.15, -0.1) is 0 Å². The highest BCUT2D eigenvalue weighted by Crippen LogP contribution is 2.25. The maximum atomic E-state index is 11.5. The molecule has 0 aliphatic heterocycles. The highest BCUT2D eigenvalue weighted by molar-refractivity contribution is 5.84. The van der Waals surface area contributed by atoms with E-state index in [2.05, 4.69) is 6.07 Å². The van der Waals surface area contributed by atoms with Crippen LogP contribution in [0.1, 0.15) is 38.4 Å². The molecule has 0 unspecified atom stereocenters. The zero-order valence-corrected chi connectivity index (χ0v) is 12.2. The van der Waals surface area contributed by atoms with Crippen molar-refractivity contribution in [2.75, 3.05) is 7.11 Å². The van der Waals surface area contributed by atoms with Crippen molar-refractivity contribution in [1.29, 1.82) is 0 Å². The molecule has 106 valence electrons. The molecular weight excluding hydrogens is 252 g/mol. The zero-order valence-electron chi connectivity index (χ0n) is 12.2. The van der Waals surface area contributed by atoms with Crippen molar-refractivity contribution in [1.82, 2.24) is 0 Å². The van der Waals surface area contributed by atoms with Crippen LogP contribution in [0, 0.1) is 0 Å². The third-order valence-electron chi connectivity index (χ3n) is 3.30. The molecule has 0 spiro atoms. The van der Waals surface area contributed by atoms with Crippen LogP contribution < -0.4 is 4.74 Å². The first-order chi connectivity index (χ1) is 9.63. The van der Waals surface area contributed by atoms with Crippen LogP contribution in [0.5, 0.6) is 5.75 Å². The number of benzene rings is 2. The van der Waals surface area contributed by atoms with E-state index in [1.165, 1.54) is 0 Å². The van der Waals surface area contributed by atoms with E-state index in [0.717, 1.165) is 28.5 Å². The molecule has 0 aromatic heterocycles. The number of hydrogen-bond acceptors (Lipinski definition) is 3. The van der Waals surface area contributed by atoms with Crippen LogP contribution in [0.25, 0.3) is 10.8 Å². The summed E-state index contributed by atoms with van der Waals surface area (Å²) < 4.78 is 10.6. The van der Waals surface area contributed by atoms with E-state index in [-0.39, 0.29) is 12.1 Å². The smallest absolute Gasteiger partial charge is 0.306 e. The van der Waals surface area contributed by atoms with Gasteiger partial charge in [0, 0.05) is 6.42 Å².